The van der Waals surface area contributed by atoms with Gasteiger partial charge in [0.15, 0.2) is 0 Å². The number of amides is 1. The standard InChI is InChI=1S/C44H85NO5/c1-3-5-7-9-11-13-15-16-18-22-26-30-34-38-44(49)50-39-35-31-27-23-19-21-25-29-33-37-43(48)45-41(40-46)42(47)36-32-28-24-20-17-14-12-10-8-6-4-2/h32,36,41-42,46-47H,3-31,33-35,37-40H2,1-2H3,(H,45,48)/b36-32+. The Labute approximate surface area is 310 Å². The number of aliphatic hydroxyl groups excluding tert-OH is 2. The number of esters is 1. The second-order valence-electron chi connectivity index (χ2n) is 15.0. The molecule has 0 saturated heterocycles. The van der Waals surface area contributed by atoms with E-state index in [-0.39, 0.29) is 18.5 Å². The van der Waals surface area contributed by atoms with E-state index in [1.807, 2.05) is 6.08 Å². The summed E-state index contributed by atoms with van der Waals surface area (Å²) >= 11 is 0. The van der Waals surface area contributed by atoms with Crippen LogP contribution in [-0.4, -0.2) is 47.4 Å². The van der Waals surface area contributed by atoms with Crippen LogP contribution in [0.3, 0.4) is 0 Å². The van der Waals surface area contributed by atoms with Gasteiger partial charge in [0.25, 0.3) is 0 Å². The number of allylic oxidation sites excluding steroid dienone is 1. The first-order valence-electron chi connectivity index (χ1n) is 22.0. The Bertz CT molecular complexity index is 742. The number of aliphatic hydroxyl groups is 2. The van der Waals surface area contributed by atoms with Crippen molar-refractivity contribution in [2.24, 2.45) is 0 Å². The molecule has 0 aliphatic rings. The molecule has 0 bridgehead atoms. The molecule has 0 aromatic rings. The van der Waals surface area contributed by atoms with Crippen LogP contribution in [0.2, 0.25) is 0 Å². The van der Waals surface area contributed by atoms with E-state index in [9.17, 15) is 19.8 Å². The number of hydrogen-bond donors (Lipinski definition) is 3. The molecule has 0 radical (unpaired) electrons. The molecule has 0 aliphatic heterocycles. The number of rotatable bonds is 40. The number of nitrogens with one attached hydrogen (secondary N) is 1. The van der Waals surface area contributed by atoms with Crippen LogP contribution < -0.4 is 5.32 Å². The molecule has 2 atom stereocenters. The Morgan fingerprint density at radius 3 is 1.36 bits per heavy atom. The van der Waals surface area contributed by atoms with E-state index in [0.29, 0.717) is 19.4 Å². The first-order valence-corrected chi connectivity index (χ1v) is 22.0. The van der Waals surface area contributed by atoms with Crippen LogP contribution in [-0.2, 0) is 14.3 Å². The smallest absolute Gasteiger partial charge is 0.305 e. The fourth-order valence-corrected chi connectivity index (χ4v) is 6.63. The van der Waals surface area contributed by atoms with Crippen molar-refractivity contribution in [2.45, 2.75) is 244 Å². The minimum absolute atomic E-state index is 0.0266. The van der Waals surface area contributed by atoms with Crippen molar-refractivity contribution in [3.8, 4) is 0 Å². The molecule has 1 amide bonds. The highest BCUT2D eigenvalue weighted by Crippen LogP contribution is 2.15. The molecule has 6 heteroatoms. The summed E-state index contributed by atoms with van der Waals surface area (Å²) in [6.07, 6.45) is 43.3. The average molecular weight is 708 g/mol. The molecule has 0 heterocycles. The van der Waals surface area contributed by atoms with Gasteiger partial charge in [-0.2, -0.15) is 0 Å². The van der Waals surface area contributed by atoms with Gasteiger partial charge < -0.3 is 20.3 Å². The first kappa shape index (κ1) is 48.6. The van der Waals surface area contributed by atoms with E-state index in [0.717, 1.165) is 57.8 Å². The van der Waals surface area contributed by atoms with E-state index in [1.165, 1.54) is 148 Å². The second-order valence-corrected chi connectivity index (χ2v) is 15.0. The maximum Gasteiger partial charge on any atom is 0.305 e. The van der Waals surface area contributed by atoms with Crippen molar-refractivity contribution in [1.29, 1.82) is 0 Å². The third-order valence-corrected chi connectivity index (χ3v) is 10.1. The highest BCUT2D eigenvalue weighted by Gasteiger charge is 2.18. The summed E-state index contributed by atoms with van der Waals surface area (Å²) < 4.78 is 5.43. The number of carbonyl (C=O) groups is 2. The SMILES string of the molecule is CCCCCCCCCCC/C=C/C(O)C(CO)NC(=O)CCCCCCCCCCCOC(=O)CCCCCCCCCCCCCCC. The van der Waals surface area contributed by atoms with Gasteiger partial charge in [-0.3, -0.25) is 9.59 Å². The van der Waals surface area contributed by atoms with Gasteiger partial charge in [0.05, 0.1) is 25.4 Å². The van der Waals surface area contributed by atoms with Crippen molar-refractivity contribution >= 4 is 11.9 Å². The van der Waals surface area contributed by atoms with Gasteiger partial charge in [-0.1, -0.05) is 199 Å². The maximum absolute atomic E-state index is 12.3. The van der Waals surface area contributed by atoms with Crippen molar-refractivity contribution < 1.29 is 24.5 Å². The minimum Gasteiger partial charge on any atom is -0.466 e. The molecule has 0 fully saturated rings. The topological polar surface area (TPSA) is 95.9 Å². The van der Waals surface area contributed by atoms with Crippen LogP contribution in [0.25, 0.3) is 0 Å². The van der Waals surface area contributed by atoms with E-state index in [1.54, 1.807) is 6.08 Å². The molecule has 3 N–H and O–H groups in total. The summed E-state index contributed by atoms with van der Waals surface area (Å²) in [6, 6.07) is -0.644. The molecule has 0 aliphatic carbocycles. The summed E-state index contributed by atoms with van der Waals surface area (Å²) in [5.74, 6) is -0.123. The van der Waals surface area contributed by atoms with Crippen LogP contribution in [0, 0.1) is 0 Å². The highest BCUT2D eigenvalue weighted by atomic mass is 16.5. The van der Waals surface area contributed by atoms with E-state index < -0.39 is 12.1 Å². The third kappa shape index (κ3) is 36.4. The Balaban J connectivity index is 3.52. The molecular formula is C44H85NO5. The van der Waals surface area contributed by atoms with Gasteiger partial charge in [0.1, 0.15) is 0 Å². The lowest BCUT2D eigenvalue weighted by Gasteiger charge is -2.20. The van der Waals surface area contributed by atoms with Crippen molar-refractivity contribution in [3.05, 3.63) is 12.2 Å². The molecule has 2 unspecified atom stereocenters. The van der Waals surface area contributed by atoms with Gasteiger partial charge in [0.2, 0.25) is 5.91 Å². The van der Waals surface area contributed by atoms with Crippen LogP contribution >= 0.6 is 0 Å². The summed E-state index contributed by atoms with van der Waals surface area (Å²) in [6.45, 7) is 4.81. The fourth-order valence-electron chi connectivity index (χ4n) is 6.63. The van der Waals surface area contributed by atoms with Gasteiger partial charge in [-0.25, -0.2) is 0 Å². The lowest BCUT2D eigenvalue weighted by atomic mass is 10.0. The Kier molecular flexibility index (Phi) is 39.2. The first-order chi connectivity index (χ1) is 24.5. The zero-order chi connectivity index (χ0) is 36.6. The molecule has 0 aromatic heterocycles. The average Bonchev–Trinajstić information content (AvgIpc) is 3.11. The Hall–Kier alpha value is -1.40. The fraction of sp³-hybridized carbons (Fsp3) is 0.909. The van der Waals surface area contributed by atoms with Crippen molar-refractivity contribution in [1.82, 2.24) is 5.32 Å². The molecule has 296 valence electrons. The summed E-state index contributed by atoms with van der Waals surface area (Å²) in [7, 11) is 0. The van der Waals surface area contributed by atoms with Crippen LogP contribution in [0.1, 0.15) is 232 Å². The molecule has 0 spiro atoms. The molecule has 0 rings (SSSR count). The second kappa shape index (κ2) is 40.4. The zero-order valence-electron chi connectivity index (χ0n) is 33.4. The predicted octanol–water partition coefficient (Wildman–Crippen LogP) is 12.2. The van der Waals surface area contributed by atoms with Gasteiger partial charge >= 0.3 is 5.97 Å². The summed E-state index contributed by atoms with van der Waals surface area (Å²) in [4.78, 5) is 24.3. The predicted molar refractivity (Wildman–Crippen MR) is 213 cm³/mol. The number of carbonyl (C=O) groups excluding carboxylic acids is 2. The summed E-state index contributed by atoms with van der Waals surface area (Å²) in [5.41, 5.74) is 0. The molecule has 0 saturated carbocycles. The van der Waals surface area contributed by atoms with Crippen LogP contribution in [0.5, 0.6) is 0 Å². The zero-order valence-corrected chi connectivity index (χ0v) is 33.4. The normalized spacial score (nSPS) is 12.8. The Morgan fingerprint density at radius 2 is 0.920 bits per heavy atom. The monoisotopic (exact) mass is 708 g/mol. The maximum atomic E-state index is 12.3. The molecular weight excluding hydrogens is 622 g/mol. The van der Waals surface area contributed by atoms with Crippen molar-refractivity contribution in [3.63, 3.8) is 0 Å². The largest absolute Gasteiger partial charge is 0.466 e. The lowest BCUT2D eigenvalue weighted by molar-refractivity contribution is -0.143. The number of unbranched alkanes of at least 4 members (excludes halogenated alkanes) is 29. The molecule has 0 aromatic carbocycles. The van der Waals surface area contributed by atoms with Crippen molar-refractivity contribution in [2.75, 3.05) is 13.2 Å². The van der Waals surface area contributed by atoms with Crippen LogP contribution in [0.4, 0.5) is 0 Å². The van der Waals surface area contributed by atoms with E-state index >= 15 is 0 Å². The van der Waals surface area contributed by atoms with Gasteiger partial charge in [-0.15, -0.1) is 0 Å². The minimum atomic E-state index is -0.858. The van der Waals surface area contributed by atoms with E-state index in [4.69, 9.17) is 4.74 Å². The van der Waals surface area contributed by atoms with Gasteiger partial charge in [-0.05, 0) is 32.1 Å². The van der Waals surface area contributed by atoms with E-state index in [2.05, 4.69) is 19.2 Å². The number of ether oxygens (including phenoxy) is 1. The number of hydrogen-bond acceptors (Lipinski definition) is 5. The third-order valence-electron chi connectivity index (χ3n) is 10.1. The summed E-state index contributed by atoms with van der Waals surface area (Å²) in [5, 5.41) is 22.9. The van der Waals surface area contributed by atoms with Gasteiger partial charge in [0, 0.05) is 12.8 Å². The Morgan fingerprint density at radius 1 is 0.540 bits per heavy atom. The van der Waals surface area contributed by atoms with Crippen LogP contribution in [0.15, 0.2) is 12.2 Å². The highest BCUT2D eigenvalue weighted by molar-refractivity contribution is 5.76. The molecule has 6 nitrogen and oxygen atoms in total. The molecule has 50 heavy (non-hydrogen) atoms. The lowest BCUT2D eigenvalue weighted by Crippen LogP contribution is -2.45. The quantitative estimate of drug-likeness (QED) is 0.0335.